The average molecular weight is 277 g/mol. The van der Waals surface area contributed by atoms with Crippen molar-refractivity contribution in [3.63, 3.8) is 0 Å². The fourth-order valence-corrected chi connectivity index (χ4v) is 2.44. The van der Waals surface area contributed by atoms with Crippen molar-refractivity contribution >= 4 is 17.3 Å². The molecule has 100 valence electrons. The van der Waals surface area contributed by atoms with Crippen LogP contribution in [0.1, 0.15) is 23.0 Å². The van der Waals surface area contributed by atoms with Crippen LogP contribution >= 0.6 is 11.3 Å². The Bertz CT molecular complexity index is 592. The van der Waals surface area contributed by atoms with E-state index in [1.54, 1.807) is 19.4 Å². The molecule has 0 aliphatic heterocycles. The molecule has 5 heteroatoms. The number of nitrogens with zero attached hydrogens (tertiary/aromatic N) is 1. The minimum atomic E-state index is -0.385. The molecule has 0 aliphatic carbocycles. The second-order valence-electron chi connectivity index (χ2n) is 3.94. The molecule has 0 N–H and O–H groups in total. The first kappa shape index (κ1) is 13.5. The van der Waals surface area contributed by atoms with Crippen LogP contribution in [-0.4, -0.2) is 24.7 Å². The maximum absolute atomic E-state index is 11.6. The van der Waals surface area contributed by atoms with E-state index in [1.165, 1.54) is 11.3 Å². The van der Waals surface area contributed by atoms with Crippen LogP contribution in [0.2, 0.25) is 0 Å². The molecular weight excluding hydrogens is 262 g/mol. The van der Waals surface area contributed by atoms with E-state index in [9.17, 15) is 4.79 Å². The molecule has 0 radical (unpaired) electrons. The van der Waals surface area contributed by atoms with E-state index in [0.29, 0.717) is 12.3 Å². The van der Waals surface area contributed by atoms with Crippen LogP contribution in [0.4, 0.5) is 0 Å². The summed E-state index contributed by atoms with van der Waals surface area (Å²) in [5, 5.41) is 2.49. The molecule has 19 heavy (non-hydrogen) atoms. The Morgan fingerprint density at radius 1 is 1.42 bits per heavy atom. The molecule has 4 nitrogen and oxygen atoms in total. The van der Waals surface area contributed by atoms with E-state index >= 15 is 0 Å². The van der Waals surface area contributed by atoms with Crippen LogP contribution in [0, 0.1) is 6.92 Å². The van der Waals surface area contributed by atoms with Crippen LogP contribution in [0.15, 0.2) is 23.6 Å². The SMILES string of the molecule is CCOC(=O)c1csc(-c2ccc(C)c(OC)c2)n1. The van der Waals surface area contributed by atoms with Crippen molar-refractivity contribution < 1.29 is 14.3 Å². The van der Waals surface area contributed by atoms with Crippen molar-refractivity contribution in [1.82, 2.24) is 4.98 Å². The Hall–Kier alpha value is -1.88. The second-order valence-corrected chi connectivity index (χ2v) is 4.80. The van der Waals surface area contributed by atoms with Crippen LogP contribution in [0.25, 0.3) is 10.6 Å². The van der Waals surface area contributed by atoms with Crippen molar-refractivity contribution in [3.05, 3.63) is 34.8 Å². The Balaban J connectivity index is 2.30. The normalized spacial score (nSPS) is 10.3. The summed E-state index contributed by atoms with van der Waals surface area (Å²) in [4.78, 5) is 15.9. The number of hydrogen-bond acceptors (Lipinski definition) is 5. The van der Waals surface area contributed by atoms with E-state index in [4.69, 9.17) is 9.47 Å². The van der Waals surface area contributed by atoms with Gasteiger partial charge < -0.3 is 9.47 Å². The highest BCUT2D eigenvalue weighted by atomic mass is 32.1. The molecule has 1 aromatic carbocycles. The number of aryl methyl sites for hydroxylation is 1. The topological polar surface area (TPSA) is 48.4 Å². The summed E-state index contributed by atoms with van der Waals surface area (Å²) in [6.07, 6.45) is 0. The Morgan fingerprint density at radius 2 is 2.21 bits per heavy atom. The molecule has 0 fully saturated rings. The Morgan fingerprint density at radius 3 is 2.89 bits per heavy atom. The van der Waals surface area contributed by atoms with E-state index < -0.39 is 0 Å². The summed E-state index contributed by atoms with van der Waals surface area (Å²) in [5.41, 5.74) is 2.35. The van der Waals surface area contributed by atoms with Gasteiger partial charge in [0.15, 0.2) is 5.69 Å². The lowest BCUT2D eigenvalue weighted by Gasteiger charge is -2.05. The summed E-state index contributed by atoms with van der Waals surface area (Å²) in [5.74, 6) is 0.425. The summed E-state index contributed by atoms with van der Waals surface area (Å²) < 4.78 is 10.2. The number of aromatic nitrogens is 1. The van der Waals surface area contributed by atoms with Gasteiger partial charge in [-0.2, -0.15) is 0 Å². The Labute approximate surface area is 116 Å². The molecule has 0 atom stereocenters. The van der Waals surface area contributed by atoms with Crippen molar-refractivity contribution in [2.24, 2.45) is 0 Å². The van der Waals surface area contributed by atoms with Crippen molar-refractivity contribution in [3.8, 4) is 16.3 Å². The number of thiazole rings is 1. The number of methoxy groups -OCH3 is 1. The molecular formula is C14H15NO3S. The maximum Gasteiger partial charge on any atom is 0.357 e. The fraction of sp³-hybridized carbons (Fsp3) is 0.286. The zero-order chi connectivity index (χ0) is 13.8. The van der Waals surface area contributed by atoms with Gasteiger partial charge >= 0.3 is 5.97 Å². The third-order valence-corrected chi connectivity index (χ3v) is 3.54. The average Bonchev–Trinajstić information content (AvgIpc) is 2.89. The lowest BCUT2D eigenvalue weighted by Crippen LogP contribution is -2.04. The molecule has 2 aromatic rings. The molecule has 0 amide bonds. The van der Waals surface area contributed by atoms with Crippen molar-refractivity contribution in [1.29, 1.82) is 0 Å². The molecule has 0 aliphatic rings. The number of benzene rings is 1. The number of rotatable bonds is 4. The quantitative estimate of drug-likeness (QED) is 0.804. The van der Waals surface area contributed by atoms with Gasteiger partial charge in [-0.05, 0) is 25.5 Å². The van der Waals surface area contributed by atoms with E-state index in [0.717, 1.165) is 21.9 Å². The minimum absolute atomic E-state index is 0.349. The summed E-state index contributed by atoms with van der Waals surface area (Å²) in [6, 6.07) is 5.86. The van der Waals surface area contributed by atoms with E-state index in [-0.39, 0.29) is 5.97 Å². The third kappa shape index (κ3) is 2.93. The van der Waals surface area contributed by atoms with Gasteiger partial charge in [-0.1, -0.05) is 12.1 Å². The molecule has 0 spiro atoms. The standard InChI is InChI=1S/C14H15NO3S/c1-4-18-14(16)11-8-19-13(15-11)10-6-5-9(2)12(7-10)17-3/h5-8H,4H2,1-3H3. The molecule has 1 aromatic heterocycles. The first-order valence-corrected chi connectivity index (χ1v) is 6.81. The predicted molar refractivity (Wildman–Crippen MR) is 74.8 cm³/mol. The highest BCUT2D eigenvalue weighted by Crippen LogP contribution is 2.29. The lowest BCUT2D eigenvalue weighted by atomic mass is 10.1. The van der Waals surface area contributed by atoms with Crippen molar-refractivity contribution in [2.45, 2.75) is 13.8 Å². The van der Waals surface area contributed by atoms with Gasteiger partial charge in [-0.15, -0.1) is 11.3 Å². The molecule has 2 rings (SSSR count). The smallest absolute Gasteiger partial charge is 0.357 e. The first-order valence-electron chi connectivity index (χ1n) is 5.93. The van der Waals surface area contributed by atoms with Gasteiger partial charge in [-0.25, -0.2) is 9.78 Å². The van der Waals surface area contributed by atoms with Crippen LogP contribution in [0.5, 0.6) is 5.75 Å². The fourth-order valence-electron chi connectivity index (χ4n) is 1.66. The van der Waals surface area contributed by atoms with E-state index in [2.05, 4.69) is 4.98 Å². The van der Waals surface area contributed by atoms with Gasteiger partial charge in [-0.3, -0.25) is 0 Å². The molecule has 0 unspecified atom stereocenters. The Kier molecular flexibility index (Phi) is 4.16. The number of esters is 1. The zero-order valence-corrected chi connectivity index (χ0v) is 11.9. The van der Waals surface area contributed by atoms with Gasteiger partial charge in [0.05, 0.1) is 13.7 Å². The highest BCUT2D eigenvalue weighted by molar-refractivity contribution is 7.13. The minimum Gasteiger partial charge on any atom is -0.496 e. The molecule has 0 saturated heterocycles. The van der Waals surface area contributed by atoms with E-state index in [1.807, 2.05) is 25.1 Å². The van der Waals surface area contributed by atoms with Gasteiger partial charge in [0, 0.05) is 10.9 Å². The summed E-state index contributed by atoms with van der Waals surface area (Å²) >= 11 is 1.41. The highest BCUT2D eigenvalue weighted by Gasteiger charge is 2.13. The number of carbonyl (C=O) groups is 1. The maximum atomic E-state index is 11.6. The molecule has 1 heterocycles. The molecule has 0 saturated carbocycles. The number of carbonyl (C=O) groups excluding carboxylic acids is 1. The third-order valence-electron chi connectivity index (χ3n) is 2.64. The van der Waals surface area contributed by atoms with Gasteiger partial charge in [0.2, 0.25) is 0 Å². The first-order chi connectivity index (χ1) is 9.15. The summed E-state index contributed by atoms with van der Waals surface area (Å²) in [6.45, 7) is 4.11. The number of ether oxygens (including phenoxy) is 2. The van der Waals surface area contributed by atoms with Crippen LogP contribution in [-0.2, 0) is 4.74 Å². The van der Waals surface area contributed by atoms with Gasteiger partial charge in [0.25, 0.3) is 0 Å². The van der Waals surface area contributed by atoms with Gasteiger partial charge in [0.1, 0.15) is 10.8 Å². The zero-order valence-electron chi connectivity index (χ0n) is 11.1. The summed E-state index contributed by atoms with van der Waals surface area (Å²) in [7, 11) is 1.64. The van der Waals surface area contributed by atoms with Crippen LogP contribution in [0.3, 0.4) is 0 Å². The van der Waals surface area contributed by atoms with Crippen LogP contribution < -0.4 is 4.74 Å². The number of hydrogen-bond donors (Lipinski definition) is 0. The molecule has 0 bridgehead atoms. The second kappa shape index (κ2) is 5.84. The van der Waals surface area contributed by atoms with Crippen molar-refractivity contribution in [2.75, 3.05) is 13.7 Å². The lowest BCUT2D eigenvalue weighted by molar-refractivity contribution is 0.0520. The largest absolute Gasteiger partial charge is 0.496 e. The monoisotopic (exact) mass is 277 g/mol. The predicted octanol–water partition coefficient (Wildman–Crippen LogP) is 3.30.